The van der Waals surface area contributed by atoms with Crippen LogP contribution in [-0.2, 0) is 5.54 Å². The SMILES string of the molecule is OC(Oc1ccccc1)N1CCN(C(c2ccccc2)(c2ccccc2)c2ccccc2)CC1. The molecule has 172 valence electrons. The number of aliphatic hydroxyl groups is 1. The van der Waals surface area contributed by atoms with E-state index in [1.165, 1.54) is 16.7 Å². The van der Waals surface area contributed by atoms with E-state index in [4.69, 9.17) is 4.74 Å². The first kappa shape index (κ1) is 22.4. The van der Waals surface area contributed by atoms with Crippen molar-refractivity contribution in [1.82, 2.24) is 9.80 Å². The maximum absolute atomic E-state index is 10.8. The monoisotopic (exact) mass is 450 g/mol. The zero-order valence-electron chi connectivity index (χ0n) is 19.2. The van der Waals surface area contributed by atoms with Crippen molar-refractivity contribution in [2.45, 2.75) is 12.0 Å². The lowest BCUT2D eigenvalue weighted by molar-refractivity contribution is -0.150. The minimum absolute atomic E-state index is 0.429. The van der Waals surface area contributed by atoms with Crippen LogP contribution in [0.2, 0.25) is 0 Å². The van der Waals surface area contributed by atoms with Gasteiger partial charge in [-0.15, -0.1) is 0 Å². The van der Waals surface area contributed by atoms with Gasteiger partial charge >= 0.3 is 0 Å². The van der Waals surface area contributed by atoms with Gasteiger partial charge < -0.3 is 9.84 Å². The Morgan fingerprint density at radius 3 is 1.35 bits per heavy atom. The lowest BCUT2D eigenvalue weighted by Gasteiger charge is -2.49. The van der Waals surface area contributed by atoms with Gasteiger partial charge in [0.15, 0.2) is 0 Å². The van der Waals surface area contributed by atoms with E-state index in [2.05, 4.69) is 95.9 Å². The van der Waals surface area contributed by atoms with Crippen LogP contribution in [0.25, 0.3) is 0 Å². The van der Waals surface area contributed by atoms with E-state index < -0.39 is 12.0 Å². The second kappa shape index (κ2) is 10.2. The maximum Gasteiger partial charge on any atom is 0.259 e. The molecule has 0 aromatic heterocycles. The quantitative estimate of drug-likeness (QED) is 0.319. The van der Waals surface area contributed by atoms with Gasteiger partial charge in [-0.25, -0.2) is 4.90 Å². The van der Waals surface area contributed by atoms with Crippen LogP contribution >= 0.6 is 0 Å². The van der Waals surface area contributed by atoms with Crippen molar-refractivity contribution in [1.29, 1.82) is 0 Å². The largest absolute Gasteiger partial charge is 0.451 e. The van der Waals surface area contributed by atoms with Gasteiger partial charge in [-0.1, -0.05) is 109 Å². The Labute approximate surface area is 201 Å². The Morgan fingerprint density at radius 1 is 0.559 bits per heavy atom. The summed E-state index contributed by atoms with van der Waals surface area (Å²) in [5, 5.41) is 10.8. The van der Waals surface area contributed by atoms with Crippen LogP contribution in [0.15, 0.2) is 121 Å². The van der Waals surface area contributed by atoms with Gasteiger partial charge in [-0.3, -0.25) is 4.90 Å². The van der Waals surface area contributed by atoms with Crippen molar-refractivity contribution in [2.75, 3.05) is 26.2 Å². The molecule has 1 N–H and O–H groups in total. The number of para-hydroxylation sites is 1. The van der Waals surface area contributed by atoms with Crippen LogP contribution in [0.3, 0.4) is 0 Å². The van der Waals surface area contributed by atoms with Gasteiger partial charge in [-0.2, -0.15) is 0 Å². The highest BCUT2D eigenvalue weighted by Crippen LogP contribution is 2.42. The molecule has 4 aromatic rings. The second-order valence-electron chi connectivity index (χ2n) is 8.59. The fourth-order valence-corrected chi connectivity index (χ4v) is 5.06. The van der Waals surface area contributed by atoms with Crippen LogP contribution < -0.4 is 4.74 Å². The maximum atomic E-state index is 10.8. The molecular formula is C30H30N2O2. The average molecular weight is 451 g/mol. The molecule has 0 amide bonds. The van der Waals surface area contributed by atoms with E-state index in [0.29, 0.717) is 18.8 Å². The van der Waals surface area contributed by atoms with Crippen LogP contribution in [0, 0.1) is 0 Å². The molecule has 1 aliphatic heterocycles. The molecule has 0 aliphatic carbocycles. The summed E-state index contributed by atoms with van der Waals surface area (Å²) >= 11 is 0. The Hall–Kier alpha value is -3.44. The molecule has 5 rings (SSSR count). The molecule has 4 aromatic carbocycles. The molecule has 0 spiro atoms. The van der Waals surface area contributed by atoms with Crippen molar-refractivity contribution in [3.8, 4) is 5.75 Å². The Bertz CT molecular complexity index is 1050. The summed E-state index contributed by atoms with van der Waals surface area (Å²) in [6.45, 7) is 2.96. The number of ether oxygens (including phenoxy) is 1. The van der Waals surface area contributed by atoms with Gasteiger partial charge in [0.1, 0.15) is 5.75 Å². The summed E-state index contributed by atoms with van der Waals surface area (Å²) in [5.74, 6) is 0.671. The molecule has 4 nitrogen and oxygen atoms in total. The number of hydrogen-bond acceptors (Lipinski definition) is 4. The van der Waals surface area contributed by atoms with E-state index in [1.807, 2.05) is 35.2 Å². The molecule has 0 saturated carbocycles. The second-order valence-corrected chi connectivity index (χ2v) is 8.59. The van der Waals surface area contributed by atoms with Gasteiger partial charge in [0.25, 0.3) is 6.41 Å². The smallest absolute Gasteiger partial charge is 0.259 e. The number of benzene rings is 4. The van der Waals surface area contributed by atoms with Gasteiger partial charge in [0, 0.05) is 26.2 Å². The summed E-state index contributed by atoms with van der Waals surface area (Å²) in [7, 11) is 0. The molecule has 1 fully saturated rings. The molecule has 1 unspecified atom stereocenters. The zero-order valence-corrected chi connectivity index (χ0v) is 19.2. The zero-order chi connectivity index (χ0) is 23.2. The molecule has 0 radical (unpaired) electrons. The predicted molar refractivity (Wildman–Crippen MR) is 135 cm³/mol. The summed E-state index contributed by atoms with van der Waals surface area (Å²) < 4.78 is 5.79. The minimum atomic E-state index is -0.968. The van der Waals surface area contributed by atoms with E-state index in [9.17, 15) is 5.11 Å². The molecule has 1 heterocycles. The van der Waals surface area contributed by atoms with Gasteiger partial charge in [-0.05, 0) is 28.8 Å². The number of rotatable bonds is 7. The third kappa shape index (κ3) is 4.36. The highest BCUT2D eigenvalue weighted by molar-refractivity contribution is 5.49. The predicted octanol–water partition coefficient (Wildman–Crippen LogP) is 4.95. The van der Waals surface area contributed by atoms with Crippen molar-refractivity contribution in [3.63, 3.8) is 0 Å². The summed E-state index contributed by atoms with van der Waals surface area (Å²) in [5.41, 5.74) is 3.28. The average Bonchev–Trinajstić information content (AvgIpc) is 2.92. The van der Waals surface area contributed by atoms with E-state index in [1.54, 1.807) is 0 Å². The molecule has 1 atom stereocenters. The number of nitrogens with zero attached hydrogens (tertiary/aromatic N) is 2. The lowest BCUT2D eigenvalue weighted by atomic mass is 9.75. The first-order chi connectivity index (χ1) is 16.8. The number of aliphatic hydroxyl groups excluding tert-OH is 1. The van der Waals surface area contributed by atoms with Crippen LogP contribution in [0.4, 0.5) is 0 Å². The van der Waals surface area contributed by atoms with Crippen molar-refractivity contribution >= 4 is 0 Å². The van der Waals surface area contributed by atoms with Crippen LogP contribution in [0.1, 0.15) is 16.7 Å². The Kier molecular flexibility index (Phi) is 6.72. The first-order valence-corrected chi connectivity index (χ1v) is 11.8. The standard InChI is InChI=1S/C30H30N2O2/c33-29(34-28-19-11-4-12-20-28)31-21-23-32(24-22-31)30(25-13-5-1-6-14-25,26-15-7-2-8-16-26)27-17-9-3-10-18-27/h1-20,29,33H,21-24H2. The van der Waals surface area contributed by atoms with Crippen LogP contribution in [0.5, 0.6) is 5.75 Å². The summed E-state index contributed by atoms with van der Waals surface area (Å²) in [6.07, 6.45) is -0.968. The van der Waals surface area contributed by atoms with Gasteiger partial charge in [0.2, 0.25) is 0 Å². The van der Waals surface area contributed by atoms with E-state index >= 15 is 0 Å². The number of piperazine rings is 1. The topological polar surface area (TPSA) is 35.9 Å². The molecular weight excluding hydrogens is 420 g/mol. The molecule has 1 aliphatic rings. The third-order valence-electron chi connectivity index (χ3n) is 6.66. The highest BCUT2D eigenvalue weighted by atomic mass is 16.6. The van der Waals surface area contributed by atoms with Crippen molar-refractivity contribution < 1.29 is 9.84 Å². The first-order valence-electron chi connectivity index (χ1n) is 11.8. The normalized spacial score (nSPS) is 16.1. The molecule has 0 bridgehead atoms. The van der Waals surface area contributed by atoms with E-state index in [-0.39, 0.29) is 0 Å². The third-order valence-corrected chi connectivity index (χ3v) is 6.66. The lowest BCUT2D eigenvalue weighted by Crippen LogP contribution is -2.58. The van der Waals surface area contributed by atoms with Crippen molar-refractivity contribution in [2.24, 2.45) is 0 Å². The molecule has 34 heavy (non-hydrogen) atoms. The minimum Gasteiger partial charge on any atom is -0.451 e. The Balaban J connectivity index is 1.49. The molecule has 4 heteroatoms. The molecule has 1 saturated heterocycles. The highest BCUT2D eigenvalue weighted by Gasteiger charge is 2.43. The number of hydrogen-bond donors (Lipinski definition) is 1. The fourth-order valence-electron chi connectivity index (χ4n) is 5.06. The summed E-state index contributed by atoms with van der Waals surface area (Å²) in [6, 6.07) is 41.7. The van der Waals surface area contributed by atoms with E-state index in [0.717, 1.165) is 13.1 Å². The van der Waals surface area contributed by atoms with Crippen molar-refractivity contribution in [3.05, 3.63) is 138 Å². The Morgan fingerprint density at radius 2 is 0.941 bits per heavy atom. The van der Waals surface area contributed by atoms with Gasteiger partial charge in [0.05, 0.1) is 5.54 Å². The van der Waals surface area contributed by atoms with Crippen LogP contribution in [-0.4, -0.2) is 47.5 Å². The fraction of sp³-hybridized carbons (Fsp3) is 0.200. The summed E-state index contributed by atoms with van der Waals surface area (Å²) in [4.78, 5) is 4.54.